The Morgan fingerprint density at radius 2 is 1.77 bits per heavy atom. The topological polar surface area (TPSA) is 62.7 Å². The Bertz CT molecular complexity index is 729. The summed E-state index contributed by atoms with van der Waals surface area (Å²) in [6.45, 7) is 10.6. The van der Waals surface area contributed by atoms with Gasteiger partial charge in [-0.3, -0.25) is 0 Å². The van der Waals surface area contributed by atoms with Gasteiger partial charge in [0.1, 0.15) is 17.5 Å². The van der Waals surface area contributed by atoms with Crippen LogP contribution < -0.4 is 5.73 Å². The number of nitrogen functional groups attached to an aromatic ring is 1. The van der Waals surface area contributed by atoms with E-state index in [0.717, 1.165) is 28.8 Å². The molecule has 3 nitrogen and oxygen atoms in total. The molecule has 0 atom stereocenters. The van der Waals surface area contributed by atoms with Crippen molar-refractivity contribution in [2.24, 2.45) is 0 Å². The lowest BCUT2D eigenvalue weighted by molar-refractivity contribution is 0.590. The summed E-state index contributed by atoms with van der Waals surface area (Å²) in [5.74, 6) is 0.312. The van der Waals surface area contributed by atoms with Crippen molar-refractivity contribution in [1.82, 2.24) is 4.98 Å². The number of nitriles is 1. The molecular weight excluding hydrogens is 270 g/mol. The van der Waals surface area contributed by atoms with Crippen molar-refractivity contribution in [3.05, 3.63) is 46.6 Å². The van der Waals surface area contributed by atoms with Crippen LogP contribution in [0.15, 0.2) is 24.3 Å². The van der Waals surface area contributed by atoms with E-state index in [2.05, 4.69) is 63.0 Å². The number of aromatic nitrogens is 1. The third kappa shape index (κ3) is 2.82. The highest BCUT2D eigenvalue weighted by Crippen LogP contribution is 2.33. The quantitative estimate of drug-likeness (QED) is 0.894. The van der Waals surface area contributed by atoms with Gasteiger partial charge in [0.15, 0.2) is 0 Å². The Hall–Kier alpha value is -2.34. The highest BCUT2D eigenvalue weighted by Gasteiger charge is 2.18. The monoisotopic (exact) mass is 293 g/mol. The van der Waals surface area contributed by atoms with E-state index in [4.69, 9.17) is 5.73 Å². The van der Waals surface area contributed by atoms with Gasteiger partial charge in [-0.15, -0.1) is 0 Å². The number of hydrogen-bond donors (Lipinski definition) is 1. The average molecular weight is 293 g/mol. The van der Waals surface area contributed by atoms with Crippen LogP contribution in [0.1, 0.15) is 50.1 Å². The van der Waals surface area contributed by atoms with Crippen molar-refractivity contribution >= 4 is 5.82 Å². The standard InChI is InChI=1S/C19H23N3/c1-6-15-12(2)22-18(21)16(11-20)17(15)13-7-9-14(10-8-13)19(3,4)5/h7-10H,6H2,1-5H3,(H2,21,22). The molecule has 0 saturated carbocycles. The van der Waals surface area contributed by atoms with E-state index in [1.807, 2.05) is 6.92 Å². The van der Waals surface area contributed by atoms with Crippen molar-refractivity contribution in [2.75, 3.05) is 5.73 Å². The molecule has 1 aromatic carbocycles. The molecule has 1 aromatic heterocycles. The number of pyridine rings is 1. The summed E-state index contributed by atoms with van der Waals surface area (Å²) < 4.78 is 0. The molecule has 0 amide bonds. The molecule has 0 radical (unpaired) electrons. The molecule has 0 unspecified atom stereocenters. The van der Waals surface area contributed by atoms with Crippen molar-refractivity contribution in [3.63, 3.8) is 0 Å². The van der Waals surface area contributed by atoms with E-state index in [9.17, 15) is 5.26 Å². The minimum absolute atomic E-state index is 0.108. The minimum atomic E-state index is 0.108. The molecule has 1 heterocycles. The normalized spacial score (nSPS) is 11.3. The van der Waals surface area contributed by atoms with Crippen LogP contribution in [0.2, 0.25) is 0 Å². The molecule has 0 aliphatic heterocycles. The lowest BCUT2D eigenvalue weighted by atomic mass is 9.85. The number of nitrogens with two attached hydrogens (primary N) is 1. The molecule has 0 aliphatic carbocycles. The van der Waals surface area contributed by atoms with Crippen LogP contribution in [-0.4, -0.2) is 4.98 Å². The van der Waals surface area contributed by atoms with Crippen LogP contribution in [0, 0.1) is 18.3 Å². The van der Waals surface area contributed by atoms with Crippen molar-refractivity contribution in [2.45, 2.75) is 46.5 Å². The molecule has 0 saturated heterocycles. The SMILES string of the molecule is CCc1c(C)nc(N)c(C#N)c1-c1ccc(C(C)(C)C)cc1. The summed E-state index contributed by atoms with van der Waals surface area (Å²) in [5.41, 5.74) is 11.8. The fourth-order valence-electron chi connectivity index (χ4n) is 2.77. The summed E-state index contributed by atoms with van der Waals surface area (Å²) in [6.07, 6.45) is 0.824. The zero-order valence-corrected chi connectivity index (χ0v) is 14.0. The maximum atomic E-state index is 9.49. The van der Waals surface area contributed by atoms with E-state index in [-0.39, 0.29) is 5.41 Å². The Morgan fingerprint density at radius 3 is 2.23 bits per heavy atom. The van der Waals surface area contributed by atoms with Gasteiger partial charge in [-0.2, -0.15) is 5.26 Å². The Labute approximate surface area is 132 Å². The largest absolute Gasteiger partial charge is 0.383 e. The highest BCUT2D eigenvalue weighted by atomic mass is 14.8. The molecule has 3 heteroatoms. The van der Waals surface area contributed by atoms with Gasteiger partial charge in [-0.05, 0) is 35.4 Å². The molecular formula is C19H23N3. The van der Waals surface area contributed by atoms with Crippen LogP contribution in [0.3, 0.4) is 0 Å². The van der Waals surface area contributed by atoms with Crippen LogP contribution >= 0.6 is 0 Å². The molecule has 22 heavy (non-hydrogen) atoms. The second-order valence-corrected chi connectivity index (χ2v) is 6.60. The highest BCUT2D eigenvalue weighted by molar-refractivity contribution is 5.79. The molecule has 0 bridgehead atoms. The second-order valence-electron chi connectivity index (χ2n) is 6.60. The van der Waals surface area contributed by atoms with E-state index >= 15 is 0 Å². The van der Waals surface area contributed by atoms with Crippen molar-refractivity contribution in [3.8, 4) is 17.2 Å². The first-order valence-corrected chi connectivity index (χ1v) is 7.59. The fraction of sp³-hybridized carbons (Fsp3) is 0.368. The van der Waals surface area contributed by atoms with E-state index < -0.39 is 0 Å². The third-order valence-electron chi connectivity index (χ3n) is 4.04. The van der Waals surface area contributed by atoms with Gasteiger partial charge in [-0.25, -0.2) is 4.98 Å². The number of rotatable bonds is 2. The molecule has 0 fully saturated rings. The van der Waals surface area contributed by atoms with Gasteiger partial charge < -0.3 is 5.73 Å². The number of hydrogen-bond acceptors (Lipinski definition) is 3. The van der Waals surface area contributed by atoms with Gasteiger partial charge >= 0.3 is 0 Å². The van der Waals surface area contributed by atoms with Crippen LogP contribution in [0.5, 0.6) is 0 Å². The van der Waals surface area contributed by atoms with Crippen molar-refractivity contribution in [1.29, 1.82) is 5.26 Å². The average Bonchev–Trinajstić information content (AvgIpc) is 2.46. The lowest BCUT2D eigenvalue weighted by Gasteiger charge is -2.20. The molecule has 114 valence electrons. The first-order chi connectivity index (χ1) is 10.3. The maximum Gasteiger partial charge on any atom is 0.142 e. The summed E-state index contributed by atoms with van der Waals surface area (Å²) in [7, 11) is 0. The number of nitrogens with zero attached hydrogens (tertiary/aromatic N) is 2. The van der Waals surface area contributed by atoms with E-state index in [1.165, 1.54) is 5.56 Å². The lowest BCUT2D eigenvalue weighted by Crippen LogP contribution is -2.10. The Morgan fingerprint density at radius 1 is 1.18 bits per heavy atom. The number of anilines is 1. The maximum absolute atomic E-state index is 9.49. The summed E-state index contributed by atoms with van der Waals surface area (Å²) >= 11 is 0. The second kappa shape index (κ2) is 5.81. The minimum Gasteiger partial charge on any atom is -0.383 e. The predicted octanol–water partition coefficient (Wildman–Crippen LogP) is 4.37. The summed E-state index contributed by atoms with van der Waals surface area (Å²) in [5, 5.41) is 9.49. The first-order valence-electron chi connectivity index (χ1n) is 7.59. The van der Waals surface area contributed by atoms with Crippen LogP contribution in [0.4, 0.5) is 5.82 Å². The fourth-order valence-corrected chi connectivity index (χ4v) is 2.77. The van der Waals surface area contributed by atoms with Crippen LogP contribution in [0.25, 0.3) is 11.1 Å². The smallest absolute Gasteiger partial charge is 0.142 e. The van der Waals surface area contributed by atoms with Gasteiger partial charge in [0.2, 0.25) is 0 Å². The molecule has 2 aromatic rings. The van der Waals surface area contributed by atoms with Crippen LogP contribution in [-0.2, 0) is 11.8 Å². The summed E-state index contributed by atoms with van der Waals surface area (Å²) in [4.78, 5) is 4.31. The van der Waals surface area contributed by atoms with Gasteiger partial charge in [0.25, 0.3) is 0 Å². The number of aryl methyl sites for hydroxylation is 1. The Balaban J connectivity index is 2.69. The van der Waals surface area contributed by atoms with E-state index in [1.54, 1.807) is 0 Å². The predicted molar refractivity (Wildman–Crippen MR) is 91.6 cm³/mol. The van der Waals surface area contributed by atoms with Gasteiger partial charge in [0, 0.05) is 11.3 Å². The third-order valence-corrected chi connectivity index (χ3v) is 4.04. The molecule has 0 aliphatic rings. The Kier molecular flexibility index (Phi) is 4.23. The number of benzene rings is 1. The van der Waals surface area contributed by atoms with E-state index in [0.29, 0.717) is 11.4 Å². The molecule has 0 spiro atoms. The molecule has 2 rings (SSSR count). The first kappa shape index (κ1) is 16.0. The van der Waals surface area contributed by atoms with Gasteiger partial charge in [-0.1, -0.05) is 52.0 Å². The van der Waals surface area contributed by atoms with Crippen molar-refractivity contribution < 1.29 is 0 Å². The van der Waals surface area contributed by atoms with Gasteiger partial charge in [0.05, 0.1) is 0 Å². The summed E-state index contributed by atoms with van der Waals surface area (Å²) in [6, 6.07) is 10.6. The molecule has 2 N–H and O–H groups in total. The zero-order chi connectivity index (χ0) is 16.5. The zero-order valence-electron chi connectivity index (χ0n) is 14.0.